The summed E-state index contributed by atoms with van der Waals surface area (Å²) in [4.78, 5) is 25.3. The minimum absolute atomic E-state index is 0.0649. The fourth-order valence-electron chi connectivity index (χ4n) is 2.99. The molecule has 3 amide bonds. The zero-order valence-electron chi connectivity index (χ0n) is 16.4. The van der Waals surface area contributed by atoms with Crippen LogP contribution in [0.1, 0.15) is 16.9 Å². The predicted octanol–water partition coefficient (Wildman–Crippen LogP) is 3.71. The van der Waals surface area contributed by atoms with Gasteiger partial charge in [-0.3, -0.25) is 4.79 Å². The lowest BCUT2D eigenvalue weighted by Gasteiger charge is -2.13. The van der Waals surface area contributed by atoms with Crippen LogP contribution in [0.25, 0.3) is 0 Å². The maximum atomic E-state index is 12.4. The Morgan fingerprint density at radius 2 is 1.74 bits per heavy atom. The van der Waals surface area contributed by atoms with Crippen molar-refractivity contribution in [2.45, 2.75) is 17.6 Å². The van der Waals surface area contributed by atoms with Gasteiger partial charge >= 0.3 is 6.03 Å². The number of carbonyl (C=O) groups excluding carboxylic acids is 2. The summed E-state index contributed by atoms with van der Waals surface area (Å²) >= 11 is 1.08. The first-order chi connectivity index (χ1) is 14.8. The van der Waals surface area contributed by atoms with Crippen LogP contribution in [0.4, 0.5) is 16.2 Å². The quantitative estimate of drug-likeness (QED) is 0.613. The lowest BCUT2D eigenvalue weighted by Crippen LogP contribution is -2.33. The van der Waals surface area contributed by atoms with E-state index in [2.05, 4.69) is 10.4 Å². The van der Waals surface area contributed by atoms with Gasteiger partial charge in [-0.1, -0.05) is 30.3 Å². The highest BCUT2D eigenvalue weighted by atomic mass is 32.2. The second-order valence-corrected chi connectivity index (χ2v) is 9.96. The van der Waals surface area contributed by atoms with Gasteiger partial charge in [0.15, 0.2) is 0 Å². The van der Waals surface area contributed by atoms with E-state index < -0.39 is 16.1 Å². The molecule has 0 unspecified atom stereocenters. The Balaban J connectivity index is 1.43. The maximum absolute atomic E-state index is 12.4. The Kier molecular flexibility index (Phi) is 5.57. The summed E-state index contributed by atoms with van der Waals surface area (Å²) in [5.41, 5.74) is 2.48. The van der Waals surface area contributed by atoms with Gasteiger partial charge in [0.2, 0.25) is 0 Å². The molecule has 158 valence electrons. The third-order valence-electron chi connectivity index (χ3n) is 4.46. The van der Waals surface area contributed by atoms with E-state index in [0.717, 1.165) is 21.8 Å². The molecule has 0 bridgehead atoms. The van der Waals surface area contributed by atoms with Gasteiger partial charge in [-0.05, 0) is 48.9 Å². The number of anilines is 2. The SMILES string of the molecule is Cc1ccc(S(=O)(=O)NC(=O)Nc2ccc(N3N=C(c4ccccc4)CC3=O)cc2)s1. The Labute approximate surface area is 183 Å². The number of nitrogens with one attached hydrogen (secondary N) is 2. The molecule has 0 spiro atoms. The van der Waals surface area contributed by atoms with Crippen molar-refractivity contribution in [3.63, 3.8) is 0 Å². The highest BCUT2D eigenvalue weighted by Crippen LogP contribution is 2.25. The number of nitrogens with zero attached hydrogens (tertiary/aromatic N) is 2. The zero-order chi connectivity index (χ0) is 22.0. The van der Waals surface area contributed by atoms with Gasteiger partial charge < -0.3 is 5.32 Å². The Hall–Kier alpha value is -3.50. The third-order valence-corrected chi connectivity index (χ3v) is 7.28. The van der Waals surface area contributed by atoms with Gasteiger partial charge in [-0.25, -0.2) is 22.9 Å². The van der Waals surface area contributed by atoms with Crippen LogP contribution in [0, 0.1) is 6.92 Å². The number of benzene rings is 2. The summed E-state index contributed by atoms with van der Waals surface area (Å²) in [7, 11) is -3.93. The van der Waals surface area contributed by atoms with Gasteiger partial charge in [-0.2, -0.15) is 5.10 Å². The Morgan fingerprint density at radius 3 is 2.39 bits per heavy atom. The smallest absolute Gasteiger partial charge is 0.307 e. The summed E-state index contributed by atoms with van der Waals surface area (Å²) in [6.07, 6.45) is 0.201. The number of hydrogen-bond acceptors (Lipinski definition) is 6. The van der Waals surface area contributed by atoms with Gasteiger partial charge in [0.1, 0.15) is 4.21 Å². The number of sulfonamides is 1. The Morgan fingerprint density at radius 1 is 1.03 bits per heavy atom. The van der Waals surface area contributed by atoms with Gasteiger partial charge in [0, 0.05) is 10.6 Å². The molecule has 2 N–H and O–H groups in total. The van der Waals surface area contributed by atoms with Crippen LogP contribution in [0.3, 0.4) is 0 Å². The maximum Gasteiger partial charge on any atom is 0.333 e. The van der Waals surface area contributed by atoms with Crippen molar-refractivity contribution in [1.82, 2.24) is 4.72 Å². The normalized spacial score (nSPS) is 13.8. The van der Waals surface area contributed by atoms with E-state index in [1.165, 1.54) is 11.1 Å². The zero-order valence-corrected chi connectivity index (χ0v) is 18.0. The minimum atomic E-state index is -3.93. The lowest BCUT2D eigenvalue weighted by molar-refractivity contribution is -0.116. The van der Waals surface area contributed by atoms with Crippen molar-refractivity contribution < 1.29 is 18.0 Å². The number of thiophene rings is 1. The molecule has 3 aromatic rings. The molecule has 0 saturated heterocycles. The number of hydrogen-bond donors (Lipinski definition) is 2. The van der Waals surface area contributed by atoms with Crippen LogP contribution in [-0.4, -0.2) is 26.1 Å². The van der Waals surface area contributed by atoms with E-state index in [1.54, 1.807) is 37.3 Å². The molecule has 1 aliphatic heterocycles. The van der Waals surface area contributed by atoms with Crippen LogP contribution in [0.2, 0.25) is 0 Å². The second-order valence-electron chi connectivity index (χ2n) is 6.77. The van der Waals surface area contributed by atoms with Crippen LogP contribution >= 0.6 is 11.3 Å². The number of hydrazone groups is 1. The first-order valence-corrected chi connectivity index (χ1v) is 11.6. The van der Waals surface area contributed by atoms with Crippen molar-refractivity contribution in [1.29, 1.82) is 0 Å². The number of carbonyl (C=O) groups is 2. The van der Waals surface area contributed by atoms with E-state index in [9.17, 15) is 18.0 Å². The number of aryl methyl sites for hydroxylation is 1. The molecule has 1 aromatic heterocycles. The van der Waals surface area contributed by atoms with Crippen molar-refractivity contribution in [2.24, 2.45) is 5.10 Å². The first kappa shape index (κ1) is 20.8. The highest BCUT2D eigenvalue weighted by Gasteiger charge is 2.26. The number of urea groups is 1. The van der Waals surface area contributed by atoms with Gasteiger partial charge in [0.05, 0.1) is 17.8 Å². The molecule has 10 heteroatoms. The fourth-order valence-corrected chi connectivity index (χ4v) is 5.18. The van der Waals surface area contributed by atoms with Crippen molar-refractivity contribution >= 4 is 50.4 Å². The van der Waals surface area contributed by atoms with Crippen LogP contribution in [-0.2, 0) is 14.8 Å². The predicted molar refractivity (Wildman–Crippen MR) is 120 cm³/mol. The highest BCUT2D eigenvalue weighted by molar-refractivity contribution is 7.92. The molecule has 1 aliphatic rings. The summed E-state index contributed by atoms with van der Waals surface area (Å²) in [6.45, 7) is 1.78. The van der Waals surface area contributed by atoms with Crippen molar-refractivity contribution in [2.75, 3.05) is 10.3 Å². The monoisotopic (exact) mass is 454 g/mol. The molecule has 31 heavy (non-hydrogen) atoms. The average molecular weight is 455 g/mol. The fraction of sp³-hybridized carbons (Fsp3) is 0.0952. The number of amides is 3. The van der Waals surface area contributed by atoms with Crippen LogP contribution in [0.15, 0.2) is 76.0 Å². The van der Waals surface area contributed by atoms with Crippen molar-refractivity contribution in [3.05, 3.63) is 77.2 Å². The average Bonchev–Trinajstić information content (AvgIpc) is 3.35. The molecular weight excluding hydrogens is 436 g/mol. The van der Waals surface area contributed by atoms with Gasteiger partial charge in [-0.15, -0.1) is 11.3 Å². The molecule has 0 aliphatic carbocycles. The molecule has 4 rings (SSSR count). The summed E-state index contributed by atoms with van der Waals surface area (Å²) in [5.74, 6) is -0.158. The molecule has 0 radical (unpaired) electrons. The van der Waals surface area contributed by atoms with Crippen LogP contribution < -0.4 is 15.0 Å². The van der Waals surface area contributed by atoms with Crippen LogP contribution in [0.5, 0.6) is 0 Å². The lowest BCUT2D eigenvalue weighted by atomic mass is 10.1. The van der Waals surface area contributed by atoms with Crippen molar-refractivity contribution in [3.8, 4) is 0 Å². The van der Waals surface area contributed by atoms with Gasteiger partial charge in [0.25, 0.3) is 15.9 Å². The Bertz CT molecular complexity index is 1270. The van der Waals surface area contributed by atoms with E-state index in [1.807, 2.05) is 35.1 Å². The molecule has 2 aromatic carbocycles. The summed E-state index contributed by atoms with van der Waals surface area (Å²) in [6, 6.07) is 18.1. The standard InChI is InChI=1S/C21H18N4O4S2/c1-14-7-12-20(30-14)31(28,29)24-21(27)22-16-8-10-17(11-9-16)25-19(26)13-18(23-25)15-5-3-2-4-6-15/h2-12H,13H2,1H3,(H2,22,24,27). The molecule has 0 saturated carbocycles. The van der Waals surface area contributed by atoms with E-state index in [4.69, 9.17) is 0 Å². The first-order valence-electron chi connectivity index (χ1n) is 9.28. The molecule has 0 atom stereocenters. The minimum Gasteiger partial charge on any atom is -0.307 e. The summed E-state index contributed by atoms with van der Waals surface area (Å²) < 4.78 is 26.5. The molecule has 2 heterocycles. The molecule has 8 nitrogen and oxygen atoms in total. The van der Waals surface area contributed by atoms with E-state index >= 15 is 0 Å². The molecular formula is C21H18N4O4S2. The second kappa shape index (κ2) is 8.32. The van der Waals surface area contributed by atoms with E-state index in [-0.39, 0.29) is 16.5 Å². The van der Waals surface area contributed by atoms with E-state index in [0.29, 0.717) is 17.1 Å². The third kappa shape index (κ3) is 4.65. The topological polar surface area (TPSA) is 108 Å². The summed E-state index contributed by atoms with van der Waals surface area (Å²) in [5, 5.41) is 8.20. The molecule has 0 fully saturated rings. The number of rotatable bonds is 5. The largest absolute Gasteiger partial charge is 0.333 e.